The molecule has 0 aliphatic rings. The Balaban J connectivity index is 2.12. The molecule has 0 saturated heterocycles. The van der Waals surface area contributed by atoms with Crippen LogP contribution in [0, 0.1) is 26.2 Å². The van der Waals surface area contributed by atoms with Gasteiger partial charge in [0.05, 0.1) is 0 Å². The van der Waals surface area contributed by atoms with Crippen molar-refractivity contribution >= 4 is 22.7 Å². The van der Waals surface area contributed by atoms with Crippen molar-refractivity contribution in [3.8, 4) is 22.2 Å². The van der Waals surface area contributed by atoms with E-state index in [0.29, 0.717) is 0 Å². The molecule has 0 aromatic carbocycles. The maximum Gasteiger partial charge on any atom is 0.210 e. The van der Waals surface area contributed by atoms with Crippen LogP contribution in [0.3, 0.4) is 0 Å². The summed E-state index contributed by atoms with van der Waals surface area (Å²) in [5.74, 6) is 1.68. The summed E-state index contributed by atoms with van der Waals surface area (Å²) in [7, 11) is 0. The van der Waals surface area contributed by atoms with Crippen molar-refractivity contribution in [2.75, 3.05) is 0 Å². The molecule has 3 aromatic heterocycles. The maximum atomic E-state index is 4.83. The third-order valence-corrected chi connectivity index (χ3v) is 5.60. The first-order valence-corrected chi connectivity index (χ1v) is 9.43. The second-order valence-corrected chi connectivity index (χ2v) is 9.04. The highest BCUT2D eigenvalue weighted by molar-refractivity contribution is 7.13. The molecule has 0 saturated carbocycles. The second kappa shape index (κ2) is 5.83. The molecule has 0 atom stereocenters. The molecule has 0 unspecified atom stereocenters. The highest BCUT2D eigenvalue weighted by Crippen LogP contribution is 2.32. The summed E-state index contributed by atoms with van der Waals surface area (Å²) in [6, 6.07) is 0. The van der Waals surface area contributed by atoms with Gasteiger partial charge in [-0.05, 0) is 31.7 Å². The predicted molar refractivity (Wildman–Crippen MR) is 98.1 cm³/mol. The van der Waals surface area contributed by atoms with Crippen LogP contribution < -0.4 is 0 Å². The van der Waals surface area contributed by atoms with Crippen molar-refractivity contribution in [2.45, 2.75) is 48.1 Å². The Labute approximate surface area is 145 Å². The average Bonchev–Trinajstić information content (AvgIpc) is 3.11. The summed E-state index contributed by atoms with van der Waals surface area (Å²) in [5, 5.41) is 9.88. The quantitative estimate of drug-likeness (QED) is 0.662. The van der Waals surface area contributed by atoms with Crippen LogP contribution in [0.4, 0.5) is 0 Å². The molecule has 6 heteroatoms. The van der Waals surface area contributed by atoms with Crippen LogP contribution in [0.1, 0.15) is 36.9 Å². The second-order valence-electron chi connectivity index (χ2n) is 7.10. The van der Waals surface area contributed by atoms with E-state index in [0.717, 1.165) is 28.9 Å². The Morgan fingerprint density at radius 3 is 2.30 bits per heavy atom. The minimum absolute atomic E-state index is 0.136. The number of hydrogen-bond acceptors (Lipinski definition) is 5. The van der Waals surface area contributed by atoms with Gasteiger partial charge in [-0.3, -0.25) is 0 Å². The van der Waals surface area contributed by atoms with Gasteiger partial charge in [-0.1, -0.05) is 20.8 Å². The molecular formula is C17H22N4S2. The van der Waals surface area contributed by atoms with Crippen LogP contribution >= 0.6 is 22.7 Å². The molecule has 3 heterocycles. The first-order chi connectivity index (χ1) is 10.7. The zero-order valence-corrected chi connectivity index (χ0v) is 16.1. The number of nitrogens with zero attached hydrogens (tertiary/aromatic N) is 4. The Bertz CT molecular complexity index is 833. The van der Waals surface area contributed by atoms with Crippen LogP contribution in [-0.2, 0) is 6.54 Å². The number of thiophene rings is 1. The minimum atomic E-state index is 0.136. The summed E-state index contributed by atoms with van der Waals surface area (Å²) in [4.78, 5) is 10.7. The lowest BCUT2D eigenvalue weighted by atomic mass is 9.97. The SMILES string of the molecule is Cc1csc(-c2nc(-c3csc(C)c3C)n(CC(C)(C)C)n2)n1. The summed E-state index contributed by atoms with van der Waals surface area (Å²) in [6.45, 7) is 13.8. The van der Waals surface area contributed by atoms with Crippen LogP contribution in [0.5, 0.6) is 0 Å². The zero-order chi connectivity index (χ0) is 16.8. The average molecular weight is 347 g/mol. The number of aryl methyl sites for hydroxylation is 2. The summed E-state index contributed by atoms with van der Waals surface area (Å²) in [6.07, 6.45) is 0. The van der Waals surface area contributed by atoms with Crippen molar-refractivity contribution in [3.05, 3.63) is 26.9 Å². The van der Waals surface area contributed by atoms with Gasteiger partial charge in [0.15, 0.2) is 10.8 Å². The first-order valence-electron chi connectivity index (χ1n) is 7.67. The van der Waals surface area contributed by atoms with Gasteiger partial charge in [-0.25, -0.2) is 14.6 Å². The lowest BCUT2D eigenvalue weighted by Gasteiger charge is -2.19. The molecule has 0 amide bonds. The summed E-state index contributed by atoms with van der Waals surface area (Å²) < 4.78 is 2.04. The van der Waals surface area contributed by atoms with Crippen molar-refractivity contribution in [1.29, 1.82) is 0 Å². The van der Waals surface area contributed by atoms with Crippen molar-refractivity contribution in [2.24, 2.45) is 5.41 Å². The van der Waals surface area contributed by atoms with Gasteiger partial charge < -0.3 is 0 Å². The highest BCUT2D eigenvalue weighted by Gasteiger charge is 2.22. The van der Waals surface area contributed by atoms with E-state index in [1.807, 2.05) is 17.0 Å². The topological polar surface area (TPSA) is 43.6 Å². The molecule has 0 spiro atoms. The standard InChI is InChI=1S/C17H22N4S2/c1-10-7-23-16(18-10)14-19-15(13-8-22-12(3)11(13)2)21(20-14)9-17(4,5)6/h7-8H,9H2,1-6H3. The zero-order valence-electron chi connectivity index (χ0n) is 14.5. The van der Waals surface area contributed by atoms with Crippen LogP contribution in [0.15, 0.2) is 10.8 Å². The molecule has 0 fully saturated rings. The number of rotatable bonds is 3. The summed E-state index contributed by atoms with van der Waals surface area (Å²) in [5.41, 5.74) is 3.63. The fraction of sp³-hybridized carbons (Fsp3) is 0.471. The van der Waals surface area contributed by atoms with Gasteiger partial charge in [-0.2, -0.15) is 0 Å². The number of thiazole rings is 1. The number of aromatic nitrogens is 4. The lowest BCUT2D eigenvalue weighted by molar-refractivity contribution is 0.327. The molecule has 0 aliphatic heterocycles. The van der Waals surface area contributed by atoms with Gasteiger partial charge >= 0.3 is 0 Å². The Hall–Kier alpha value is -1.53. The molecule has 3 rings (SSSR count). The van der Waals surface area contributed by atoms with Gasteiger partial charge in [0.25, 0.3) is 0 Å². The molecule has 122 valence electrons. The monoisotopic (exact) mass is 346 g/mol. The fourth-order valence-corrected chi connectivity index (χ4v) is 3.97. The van der Waals surface area contributed by atoms with Crippen LogP contribution in [-0.4, -0.2) is 19.7 Å². The minimum Gasteiger partial charge on any atom is -0.245 e. The highest BCUT2D eigenvalue weighted by atomic mass is 32.1. The van der Waals surface area contributed by atoms with E-state index < -0.39 is 0 Å². The normalized spacial score (nSPS) is 12.1. The van der Waals surface area contributed by atoms with E-state index in [2.05, 4.69) is 45.0 Å². The van der Waals surface area contributed by atoms with E-state index in [1.54, 1.807) is 22.7 Å². The molecule has 23 heavy (non-hydrogen) atoms. The third kappa shape index (κ3) is 3.38. The van der Waals surface area contributed by atoms with E-state index >= 15 is 0 Å². The first kappa shape index (κ1) is 16.3. The molecule has 0 bridgehead atoms. The van der Waals surface area contributed by atoms with Crippen LogP contribution in [0.25, 0.3) is 22.2 Å². The lowest BCUT2D eigenvalue weighted by Crippen LogP contribution is -2.17. The van der Waals surface area contributed by atoms with Gasteiger partial charge in [0, 0.05) is 33.4 Å². The fourth-order valence-electron chi connectivity index (χ4n) is 2.38. The van der Waals surface area contributed by atoms with Gasteiger partial charge in [0.2, 0.25) is 5.82 Å². The van der Waals surface area contributed by atoms with Crippen molar-refractivity contribution in [3.63, 3.8) is 0 Å². The molecule has 0 N–H and O–H groups in total. The Kier molecular flexibility index (Phi) is 4.14. The third-order valence-electron chi connectivity index (χ3n) is 3.63. The Morgan fingerprint density at radius 1 is 1.04 bits per heavy atom. The van der Waals surface area contributed by atoms with Gasteiger partial charge in [-0.15, -0.1) is 27.8 Å². The van der Waals surface area contributed by atoms with E-state index in [-0.39, 0.29) is 5.41 Å². The predicted octanol–water partition coefficient (Wildman–Crippen LogP) is 5.10. The molecule has 0 aliphatic carbocycles. The molecule has 4 nitrogen and oxygen atoms in total. The smallest absolute Gasteiger partial charge is 0.210 e. The Morgan fingerprint density at radius 2 is 1.78 bits per heavy atom. The maximum absolute atomic E-state index is 4.83. The number of hydrogen-bond donors (Lipinski definition) is 0. The van der Waals surface area contributed by atoms with E-state index in [4.69, 9.17) is 10.1 Å². The van der Waals surface area contributed by atoms with Crippen LogP contribution in [0.2, 0.25) is 0 Å². The molecule has 0 radical (unpaired) electrons. The van der Waals surface area contributed by atoms with Crippen molar-refractivity contribution < 1.29 is 0 Å². The summed E-state index contributed by atoms with van der Waals surface area (Å²) >= 11 is 3.37. The van der Waals surface area contributed by atoms with Crippen molar-refractivity contribution in [1.82, 2.24) is 19.7 Å². The molecule has 3 aromatic rings. The molecular weight excluding hydrogens is 324 g/mol. The van der Waals surface area contributed by atoms with E-state index in [9.17, 15) is 0 Å². The van der Waals surface area contributed by atoms with E-state index in [1.165, 1.54) is 16.0 Å². The van der Waals surface area contributed by atoms with Gasteiger partial charge in [0.1, 0.15) is 0 Å². The largest absolute Gasteiger partial charge is 0.245 e.